The van der Waals surface area contributed by atoms with Gasteiger partial charge in [0.15, 0.2) is 31.9 Å². The number of Topliss-reactive ketones (excluding diaryl/α,β-unsaturated/α-hetero) is 1. The van der Waals surface area contributed by atoms with Crippen LogP contribution in [-0.4, -0.2) is 119 Å². The third-order valence-electron chi connectivity index (χ3n) is 19.8. The number of nitrogens with one attached hydrogen (secondary N) is 1. The summed E-state index contributed by atoms with van der Waals surface area (Å²) >= 11 is 0. The first-order chi connectivity index (χ1) is 39.2. The van der Waals surface area contributed by atoms with E-state index >= 15 is 19.2 Å². The SMILES string of the molecule is CC[Si](CC)(CC)O[C@H]1C[C@H]2OC[C@]23OC(=O)C/C=C/c2ccccc2[C@H](NC(=O)c2ccccc2)[C@@H](O[Si](C(C)C)(C(C)C)C(C)C)C(=O)O[C@H]2C[C@@]4(O)[C@@H](OC(=O)c5cccc(OC)c5)[C@H]3[C@]1(C)C(=O)[C@H](OC(C)=O)C(=C2C)C4(C)C. The van der Waals surface area contributed by atoms with Crippen LogP contribution in [-0.2, 0) is 51.7 Å². The molecule has 0 radical (unpaired) electrons. The van der Waals surface area contributed by atoms with Gasteiger partial charge in [-0.2, -0.15) is 0 Å². The lowest BCUT2D eigenvalue weighted by atomic mass is 9.44. The van der Waals surface area contributed by atoms with Crippen LogP contribution in [0.1, 0.15) is 154 Å². The van der Waals surface area contributed by atoms with Crippen LogP contribution in [0.2, 0.25) is 34.8 Å². The highest BCUT2D eigenvalue weighted by Crippen LogP contribution is 2.65. The second-order valence-corrected chi connectivity index (χ2v) is 35.3. The predicted octanol–water partition coefficient (Wildman–Crippen LogP) is 11.4. The first-order valence-corrected chi connectivity index (χ1v) is 34.3. The number of ketones is 1. The highest BCUT2D eigenvalue weighted by molar-refractivity contribution is 6.77. The number of hydrogen-bond donors (Lipinski definition) is 2. The summed E-state index contributed by atoms with van der Waals surface area (Å²) in [6.07, 6.45) is -5.87. The van der Waals surface area contributed by atoms with Crippen LogP contribution in [0.5, 0.6) is 5.75 Å². The number of esters is 4. The number of carbonyl (C=O) groups excluding carboxylic acids is 6. The molecule has 3 fully saturated rings. The van der Waals surface area contributed by atoms with E-state index in [0.717, 1.165) is 0 Å². The Kier molecular flexibility index (Phi) is 18.5. The molecule has 2 saturated carbocycles. The van der Waals surface area contributed by atoms with E-state index in [2.05, 4.69) is 67.6 Å². The molecule has 8 rings (SSSR count). The molecule has 0 aromatic heterocycles. The second kappa shape index (κ2) is 24.3. The van der Waals surface area contributed by atoms with Crippen LogP contribution < -0.4 is 10.1 Å². The monoisotopic (exact) mass is 1180 g/mol. The maximum atomic E-state index is 16.9. The molecule has 1 saturated heterocycles. The van der Waals surface area contributed by atoms with E-state index in [0.29, 0.717) is 46.1 Å². The maximum absolute atomic E-state index is 16.9. The Morgan fingerprint density at radius 1 is 0.819 bits per heavy atom. The summed E-state index contributed by atoms with van der Waals surface area (Å²) in [5.41, 5.74) is -6.10. The molecule has 2 aliphatic heterocycles. The van der Waals surface area contributed by atoms with Gasteiger partial charge in [0.1, 0.15) is 29.7 Å². The zero-order valence-corrected chi connectivity index (χ0v) is 53.1. The normalized spacial score (nSPS) is 30.2. The van der Waals surface area contributed by atoms with E-state index in [4.69, 9.17) is 37.3 Å². The first-order valence-electron chi connectivity index (χ1n) is 29.7. The summed E-state index contributed by atoms with van der Waals surface area (Å²) in [5, 5.41) is 17.9. The summed E-state index contributed by atoms with van der Waals surface area (Å²) in [6.45, 7) is 26.4. The molecular weight excluding hydrogens is 1090 g/mol. The standard InChI is InChI=1S/C65H87NO15Si2/c1-16-82(17-2,18-3)80-49-35-50-64(37-75-50)56-58(78-60(71)45-30-24-31-46(34-45)74-15)65(73)36-48(41(10)52(62(65,12)13)54(76-42(11)67)57(69)63(49,56)14)77-61(72)55(81-83(38(4)5,39(6)7)40(8)9)53(66-59(70)44-27-20-19-21-28-44)47-32-23-22-26-43(47)29-25-33-51(68)79-64/h19-32,34,38-40,48-50,53-56,58,73H,16-18,33,35-37H2,1-15H3,(H,66,70)/b29-25+/t48-,49-,50+,53-,54+,55+,56-,58-,63+,64-,65+/m0/s1. The number of rotatable bonds is 16. The summed E-state index contributed by atoms with van der Waals surface area (Å²) < 4.78 is 54.2. The number of amides is 1. The van der Waals surface area contributed by atoms with Crippen molar-refractivity contribution in [2.24, 2.45) is 16.7 Å². The van der Waals surface area contributed by atoms with Gasteiger partial charge in [-0.3, -0.25) is 19.2 Å². The van der Waals surface area contributed by atoms with Gasteiger partial charge >= 0.3 is 23.9 Å². The lowest BCUT2D eigenvalue weighted by Gasteiger charge is -2.68. The number of ether oxygens (including phenoxy) is 6. The molecule has 1 amide bonds. The summed E-state index contributed by atoms with van der Waals surface area (Å²) in [7, 11) is -4.40. The van der Waals surface area contributed by atoms with Crippen molar-refractivity contribution in [3.63, 3.8) is 0 Å². The van der Waals surface area contributed by atoms with Crippen LogP contribution in [0.25, 0.3) is 6.08 Å². The summed E-state index contributed by atoms with van der Waals surface area (Å²) in [5.74, 6) is -5.61. The maximum Gasteiger partial charge on any atom is 0.338 e. The molecule has 3 aliphatic carbocycles. The lowest BCUT2D eigenvalue weighted by Crippen LogP contribution is -2.82. The van der Waals surface area contributed by atoms with Gasteiger partial charge in [0.2, 0.25) is 8.32 Å². The smallest absolute Gasteiger partial charge is 0.338 e. The highest BCUT2D eigenvalue weighted by Gasteiger charge is 2.79. The number of hydrogen-bond acceptors (Lipinski definition) is 15. The summed E-state index contributed by atoms with van der Waals surface area (Å²) in [4.78, 5) is 92.2. The molecule has 0 unspecified atom stereocenters. The van der Waals surface area contributed by atoms with Crippen molar-refractivity contribution in [2.75, 3.05) is 13.7 Å². The van der Waals surface area contributed by atoms with Crippen molar-refractivity contribution < 1.29 is 71.1 Å². The van der Waals surface area contributed by atoms with Gasteiger partial charge < -0.3 is 47.7 Å². The van der Waals surface area contributed by atoms with Crippen molar-refractivity contribution in [1.82, 2.24) is 5.32 Å². The van der Waals surface area contributed by atoms with E-state index in [-0.39, 0.29) is 47.2 Å². The molecule has 450 valence electrons. The molecule has 2 N–H and O–H groups in total. The Bertz CT molecular complexity index is 2980. The number of fused-ring (bicyclic) bond motifs is 3. The van der Waals surface area contributed by atoms with Crippen LogP contribution >= 0.6 is 0 Å². The minimum Gasteiger partial charge on any atom is -0.497 e. The first kappa shape index (κ1) is 63.3. The van der Waals surface area contributed by atoms with E-state index in [1.165, 1.54) is 20.1 Å². The third kappa shape index (κ3) is 11.0. The number of carbonyl (C=O) groups is 6. The van der Waals surface area contributed by atoms with Gasteiger partial charge in [0, 0.05) is 30.7 Å². The van der Waals surface area contributed by atoms with Crippen LogP contribution in [0.3, 0.4) is 0 Å². The Labute approximate surface area is 492 Å². The second-order valence-electron chi connectivity index (χ2n) is 25.2. The van der Waals surface area contributed by atoms with Gasteiger partial charge in [0.05, 0.1) is 49.2 Å². The topological polar surface area (TPSA) is 209 Å². The van der Waals surface area contributed by atoms with Gasteiger partial charge in [-0.25, -0.2) is 9.59 Å². The van der Waals surface area contributed by atoms with Crippen molar-refractivity contribution in [3.05, 3.63) is 118 Å². The largest absolute Gasteiger partial charge is 0.497 e. The molecule has 11 atom stereocenters. The van der Waals surface area contributed by atoms with Crippen LogP contribution in [0.15, 0.2) is 96.1 Å². The fourth-order valence-electron chi connectivity index (χ4n) is 15.1. The molecule has 3 aromatic rings. The number of benzene rings is 3. The predicted molar refractivity (Wildman–Crippen MR) is 318 cm³/mol. The van der Waals surface area contributed by atoms with Crippen molar-refractivity contribution in [3.8, 4) is 5.75 Å². The molecule has 2 heterocycles. The Hall–Kier alpha value is -5.77. The fourth-order valence-corrected chi connectivity index (χ4v) is 23.5. The fraction of sp³-hybridized carbons (Fsp3) is 0.569. The molecule has 83 heavy (non-hydrogen) atoms. The zero-order chi connectivity index (χ0) is 60.8. The van der Waals surface area contributed by atoms with Crippen LogP contribution in [0, 0.1) is 16.7 Å². The van der Waals surface area contributed by atoms with Crippen molar-refractivity contribution >= 4 is 58.3 Å². The van der Waals surface area contributed by atoms with Gasteiger partial charge in [-0.1, -0.05) is 137 Å². The van der Waals surface area contributed by atoms with Crippen molar-refractivity contribution in [2.45, 2.75) is 205 Å². The molecule has 18 heteroatoms. The molecule has 16 nitrogen and oxygen atoms in total. The molecule has 4 bridgehead atoms. The Morgan fingerprint density at radius 3 is 2.04 bits per heavy atom. The zero-order valence-electron chi connectivity index (χ0n) is 51.1. The van der Waals surface area contributed by atoms with Gasteiger partial charge in [-0.15, -0.1) is 0 Å². The average molecular weight is 1180 g/mol. The lowest BCUT2D eigenvalue weighted by molar-refractivity contribution is -0.345. The van der Waals surface area contributed by atoms with E-state index in [1.807, 2.05) is 12.1 Å². The van der Waals surface area contributed by atoms with E-state index < -0.39 is 129 Å². The molecular formula is C65H87NO15Si2. The molecule has 1 spiro atoms. The third-order valence-corrected chi connectivity index (χ3v) is 30.5. The number of aliphatic hydroxyl groups is 1. The minimum atomic E-state index is -3.15. The Morgan fingerprint density at radius 2 is 1.45 bits per heavy atom. The van der Waals surface area contributed by atoms with Gasteiger partial charge in [-0.05, 0) is 101 Å². The van der Waals surface area contributed by atoms with Crippen molar-refractivity contribution in [1.29, 1.82) is 0 Å². The van der Waals surface area contributed by atoms with Gasteiger partial charge in [0.25, 0.3) is 5.91 Å². The van der Waals surface area contributed by atoms with E-state index in [1.54, 1.807) is 101 Å². The Balaban J connectivity index is 1.47. The molecule has 3 aromatic carbocycles. The minimum absolute atomic E-state index is 0.0505. The highest BCUT2D eigenvalue weighted by atomic mass is 28.4. The average Bonchev–Trinajstić information content (AvgIpc) is 1.25. The van der Waals surface area contributed by atoms with E-state index in [9.17, 15) is 14.7 Å². The summed E-state index contributed by atoms with van der Waals surface area (Å²) in [6, 6.07) is 23.0. The van der Waals surface area contributed by atoms with Crippen LogP contribution in [0.4, 0.5) is 0 Å². The number of methoxy groups -OCH3 is 1. The quantitative estimate of drug-likeness (QED) is 0.0592. The molecule has 5 aliphatic rings.